The van der Waals surface area contributed by atoms with Crippen molar-refractivity contribution in [3.8, 4) is 11.8 Å². The summed E-state index contributed by atoms with van der Waals surface area (Å²) < 4.78 is 26.4. The summed E-state index contributed by atoms with van der Waals surface area (Å²) in [5.74, 6) is 5.26. The fraction of sp³-hybridized carbons (Fsp3) is 0.429. The van der Waals surface area contributed by atoms with Crippen molar-refractivity contribution in [3.63, 3.8) is 0 Å². The number of hydrogen-bond donors (Lipinski definition) is 1. The van der Waals surface area contributed by atoms with E-state index < -0.39 is 10.0 Å². The predicted molar refractivity (Wildman–Crippen MR) is 73.1 cm³/mol. The van der Waals surface area contributed by atoms with Crippen LogP contribution >= 0.6 is 0 Å². The van der Waals surface area contributed by atoms with Crippen molar-refractivity contribution >= 4 is 10.0 Å². The molecule has 0 radical (unpaired) electrons. The first-order valence-corrected chi connectivity index (χ1v) is 7.59. The molecule has 0 atom stereocenters. The Kier molecular flexibility index (Phi) is 3.95. The minimum Gasteiger partial charge on any atom is -0.384 e. The minimum atomic E-state index is -3.45. The lowest BCUT2D eigenvalue weighted by Crippen LogP contribution is -2.29. The van der Waals surface area contributed by atoms with Crippen molar-refractivity contribution in [1.82, 2.24) is 4.31 Å². The van der Waals surface area contributed by atoms with E-state index in [0.29, 0.717) is 16.0 Å². The van der Waals surface area contributed by atoms with Gasteiger partial charge in [0.1, 0.15) is 6.61 Å². The summed E-state index contributed by atoms with van der Waals surface area (Å²) in [6, 6.07) is 5.21. The lowest BCUT2D eigenvalue weighted by molar-refractivity contribution is 0.350. The second-order valence-electron chi connectivity index (χ2n) is 4.69. The molecule has 1 saturated carbocycles. The molecule has 0 saturated heterocycles. The van der Waals surface area contributed by atoms with Gasteiger partial charge in [-0.3, -0.25) is 0 Å². The van der Waals surface area contributed by atoms with Crippen LogP contribution in [0.15, 0.2) is 23.1 Å². The smallest absolute Gasteiger partial charge is 0.243 e. The van der Waals surface area contributed by atoms with E-state index in [2.05, 4.69) is 11.8 Å². The second kappa shape index (κ2) is 5.33. The molecule has 5 heteroatoms. The van der Waals surface area contributed by atoms with E-state index in [1.165, 1.54) is 4.31 Å². The normalized spacial score (nSPS) is 15.2. The van der Waals surface area contributed by atoms with Gasteiger partial charge >= 0.3 is 0 Å². The minimum absolute atomic E-state index is 0.136. The summed E-state index contributed by atoms with van der Waals surface area (Å²) in [5.41, 5.74) is 1.31. The van der Waals surface area contributed by atoms with E-state index >= 15 is 0 Å². The summed E-state index contributed by atoms with van der Waals surface area (Å²) in [6.45, 7) is 1.54. The molecule has 0 unspecified atom stereocenters. The molecule has 0 amide bonds. The monoisotopic (exact) mass is 279 g/mol. The lowest BCUT2D eigenvalue weighted by Gasteiger charge is -2.18. The second-order valence-corrected chi connectivity index (χ2v) is 6.66. The molecule has 102 valence electrons. The Morgan fingerprint density at radius 2 is 2.11 bits per heavy atom. The number of aliphatic hydroxyl groups is 1. The molecular weight excluding hydrogens is 262 g/mol. The van der Waals surface area contributed by atoms with Crippen LogP contribution in [0.2, 0.25) is 0 Å². The predicted octanol–water partition coefficient (Wildman–Crippen LogP) is 1.12. The fourth-order valence-corrected chi connectivity index (χ4v) is 3.55. The van der Waals surface area contributed by atoms with Gasteiger partial charge in [-0.1, -0.05) is 17.9 Å². The number of nitrogens with zero attached hydrogens (tertiary/aromatic N) is 1. The Bertz CT molecular complexity index is 636. The Morgan fingerprint density at radius 1 is 1.42 bits per heavy atom. The third kappa shape index (κ3) is 2.98. The first kappa shape index (κ1) is 14.1. The first-order valence-electron chi connectivity index (χ1n) is 6.15. The number of aryl methyl sites for hydroxylation is 1. The molecule has 0 aliphatic heterocycles. The molecule has 1 aromatic rings. The van der Waals surface area contributed by atoms with Gasteiger partial charge in [0, 0.05) is 18.7 Å². The third-order valence-electron chi connectivity index (χ3n) is 3.22. The zero-order valence-electron chi connectivity index (χ0n) is 11.0. The van der Waals surface area contributed by atoms with Gasteiger partial charge in [-0.15, -0.1) is 0 Å². The van der Waals surface area contributed by atoms with Crippen LogP contribution in [-0.4, -0.2) is 37.5 Å². The molecular formula is C14H17NO3S. The molecule has 2 rings (SSSR count). The molecule has 0 aromatic heterocycles. The quantitative estimate of drug-likeness (QED) is 0.844. The molecule has 1 N–H and O–H groups in total. The van der Waals surface area contributed by atoms with Crippen LogP contribution in [0.1, 0.15) is 24.0 Å². The van der Waals surface area contributed by atoms with Crippen molar-refractivity contribution in [2.75, 3.05) is 13.7 Å². The maximum atomic E-state index is 12.5. The van der Waals surface area contributed by atoms with Gasteiger partial charge in [-0.25, -0.2) is 8.42 Å². The van der Waals surface area contributed by atoms with Crippen LogP contribution < -0.4 is 0 Å². The average molecular weight is 279 g/mol. The lowest BCUT2D eigenvalue weighted by atomic mass is 10.1. The van der Waals surface area contributed by atoms with Gasteiger partial charge in [0.05, 0.1) is 4.90 Å². The molecule has 0 bridgehead atoms. The number of rotatable bonds is 3. The van der Waals surface area contributed by atoms with Gasteiger partial charge in [0.2, 0.25) is 10.0 Å². The Hall–Kier alpha value is -1.35. The summed E-state index contributed by atoms with van der Waals surface area (Å²) in [5, 5.41) is 8.68. The Balaban J connectivity index is 2.42. The topological polar surface area (TPSA) is 57.6 Å². The number of aliphatic hydroxyl groups excluding tert-OH is 1. The highest BCUT2D eigenvalue weighted by molar-refractivity contribution is 7.89. The van der Waals surface area contributed by atoms with E-state index in [1.54, 1.807) is 32.2 Å². The first-order chi connectivity index (χ1) is 8.96. The Labute approximate surface area is 114 Å². The van der Waals surface area contributed by atoms with Crippen molar-refractivity contribution in [2.45, 2.75) is 30.7 Å². The van der Waals surface area contributed by atoms with Crippen LogP contribution in [0.25, 0.3) is 0 Å². The van der Waals surface area contributed by atoms with E-state index in [-0.39, 0.29) is 12.6 Å². The highest BCUT2D eigenvalue weighted by Gasteiger charge is 2.35. The zero-order chi connectivity index (χ0) is 14.0. The van der Waals surface area contributed by atoms with E-state index in [1.807, 2.05) is 0 Å². The molecule has 1 aliphatic carbocycles. The molecule has 0 heterocycles. The maximum absolute atomic E-state index is 12.5. The number of benzene rings is 1. The molecule has 4 nitrogen and oxygen atoms in total. The maximum Gasteiger partial charge on any atom is 0.243 e. The van der Waals surface area contributed by atoms with Crippen molar-refractivity contribution in [2.24, 2.45) is 0 Å². The van der Waals surface area contributed by atoms with E-state index in [4.69, 9.17) is 5.11 Å². The standard InChI is InChI=1S/C14H17NO3S/c1-11-5-6-12(4-3-9-16)10-14(11)19(17,18)15(2)13-7-8-13/h5-6,10,13,16H,7-9H2,1-2H3. The largest absolute Gasteiger partial charge is 0.384 e. The van der Waals surface area contributed by atoms with Crippen LogP contribution in [0, 0.1) is 18.8 Å². The van der Waals surface area contributed by atoms with Crippen LogP contribution in [0.5, 0.6) is 0 Å². The highest BCUT2D eigenvalue weighted by atomic mass is 32.2. The van der Waals surface area contributed by atoms with Crippen molar-refractivity contribution < 1.29 is 13.5 Å². The molecule has 1 fully saturated rings. The van der Waals surface area contributed by atoms with E-state index in [9.17, 15) is 8.42 Å². The summed E-state index contributed by atoms with van der Waals surface area (Å²) >= 11 is 0. The summed E-state index contributed by atoms with van der Waals surface area (Å²) in [4.78, 5) is 0.298. The average Bonchev–Trinajstić information content (AvgIpc) is 3.21. The number of sulfonamides is 1. The van der Waals surface area contributed by atoms with Gasteiger partial charge in [0.15, 0.2) is 0 Å². The molecule has 0 spiro atoms. The fourth-order valence-electron chi connectivity index (χ4n) is 1.89. The van der Waals surface area contributed by atoms with E-state index in [0.717, 1.165) is 12.8 Å². The van der Waals surface area contributed by atoms with Gasteiger partial charge in [-0.05, 0) is 37.5 Å². The van der Waals surface area contributed by atoms with Crippen LogP contribution in [-0.2, 0) is 10.0 Å². The van der Waals surface area contributed by atoms with Crippen molar-refractivity contribution in [1.29, 1.82) is 0 Å². The third-order valence-corrected chi connectivity index (χ3v) is 5.27. The molecule has 1 aliphatic rings. The van der Waals surface area contributed by atoms with Gasteiger partial charge in [0.25, 0.3) is 0 Å². The van der Waals surface area contributed by atoms with Gasteiger partial charge in [-0.2, -0.15) is 4.31 Å². The van der Waals surface area contributed by atoms with Gasteiger partial charge < -0.3 is 5.11 Å². The molecule has 1 aromatic carbocycles. The van der Waals surface area contributed by atoms with Crippen molar-refractivity contribution in [3.05, 3.63) is 29.3 Å². The number of hydrogen-bond acceptors (Lipinski definition) is 3. The summed E-state index contributed by atoms with van der Waals surface area (Å²) in [6.07, 6.45) is 1.86. The summed E-state index contributed by atoms with van der Waals surface area (Å²) in [7, 11) is -1.83. The highest BCUT2D eigenvalue weighted by Crippen LogP contribution is 2.31. The Morgan fingerprint density at radius 3 is 2.68 bits per heavy atom. The SMILES string of the molecule is Cc1ccc(C#CCO)cc1S(=O)(=O)N(C)C1CC1. The van der Waals surface area contributed by atoms with Crippen LogP contribution in [0.4, 0.5) is 0 Å². The molecule has 19 heavy (non-hydrogen) atoms. The zero-order valence-corrected chi connectivity index (χ0v) is 11.9. The van der Waals surface area contributed by atoms with Crippen LogP contribution in [0.3, 0.4) is 0 Å².